The summed E-state index contributed by atoms with van der Waals surface area (Å²) in [6, 6.07) is 7.49. The van der Waals surface area contributed by atoms with Gasteiger partial charge >= 0.3 is 5.97 Å². The zero-order chi connectivity index (χ0) is 25.8. The number of benzene rings is 1. The maximum Gasteiger partial charge on any atom is 0.311 e. The Kier molecular flexibility index (Phi) is 11.8. The van der Waals surface area contributed by atoms with Gasteiger partial charge in [0.05, 0.1) is 11.3 Å². The van der Waals surface area contributed by atoms with Crippen molar-refractivity contribution in [3.05, 3.63) is 65.5 Å². The summed E-state index contributed by atoms with van der Waals surface area (Å²) >= 11 is 0. The highest BCUT2D eigenvalue weighted by molar-refractivity contribution is 5.71. The van der Waals surface area contributed by atoms with Gasteiger partial charge in [0.25, 0.3) is 0 Å². The van der Waals surface area contributed by atoms with Crippen LogP contribution in [0.15, 0.2) is 59.9 Å². The molecule has 0 fully saturated rings. The van der Waals surface area contributed by atoms with Crippen molar-refractivity contribution in [2.24, 2.45) is 11.8 Å². The van der Waals surface area contributed by atoms with Crippen LogP contribution in [0.25, 0.3) is 0 Å². The molecule has 1 aliphatic rings. The Morgan fingerprint density at radius 1 is 1.23 bits per heavy atom. The summed E-state index contributed by atoms with van der Waals surface area (Å²) in [7, 11) is 0. The molecule has 0 bridgehead atoms. The standard InChI is InChI=1S/C30H45NO4/c1-7-9-10-20-34-30(5,6)27-19-14-22(3)21-26(27)23(4)28(8-2)35-29(32)13-11-12-24-15-17-25(31-33)18-16-24/h8,15-18,21,26-27,31,33H,4,7,9-14,19-20H2,1-3,5-6H3/b28-8+. The van der Waals surface area contributed by atoms with Gasteiger partial charge in [-0.15, -0.1) is 0 Å². The predicted octanol–water partition coefficient (Wildman–Crippen LogP) is 7.77. The first-order valence-corrected chi connectivity index (χ1v) is 13.1. The van der Waals surface area contributed by atoms with Crippen LogP contribution in [-0.4, -0.2) is 23.4 Å². The van der Waals surface area contributed by atoms with Crippen LogP contribution in [0, 0.1) is 11.8 Å². The van der Waals surface area contributed by atoms with Crippen molar-refractivity contribution in [3.63, 3.8) is 0 Å². The quantitative estimate of drug-likeness (QED) is 0.0706. The minimum absolute atomic E-state index is 0.0718. The first-order valence-electron chi connectivity index (χ1n) is 13.1. The van der Waals surface area contributed by atoms with Crippen LogP contribution in [0.1, 0.15) is 85.1 Å². The van der Waals surface area contributed by atoms with Crippen LogP contribution in [0.3, 0.4) is 0 Å². The van der Waals surface area contributed by atoms with Crippen LogP contribution < -0.4 is 5.48 Å². The minimum atomic E-state index is -0.289. The van der Waals surface area contributed by atoms with Gasteiger partial charge in [0, 0.05) is 18.9 Å². The maximum atomic E-state index is 12.6. The molecule has 1 aromatic carbocycles. The smallest absolute Gasteiger partial charge is 0.311 e. The summed E-state index contributed by atoms with van der Waals surface area (Å²) in [5.41, 5.74) is 5.78. The van der Waals surface area contributed by atoms with Gasteiger partial charge in [-0.25, -0.2) is 0 Å². The van der Waals surface area contributed by atoms with E-state index >= 15 is 0 Å². The molecule has 5 heteroatoms. The number of unbranched alkanes of at least 4 members (excludes halogenated alkanes) is 2. The number of hydrogen-bond acceptors (Lipinski definition) is 5. The van der Waals surface area contributed by atoms with Gasteiger partial charge in [-0.05, 0) is 95.1 Å². The Hall–Kier alpha value is -2.37. The number of carbonyl (C=O) groups is 1. The third-order valence-electron chi connectivity index (χ3n) is 7.00. The highest BCUT2D eigenvalue weighted by Crippen LogP contribution is 2.43. The van der Waals surface area contributed by atoms with E-state index in [1.165, 1.54) is 18.4 Å². The molecule has 0 spiro atoms. The van der Waals surface area contributed by atoms with Crippen molar-refractivity contribution in [1.29, 1.82) is 0 Å². The van der Waals surface area contributed by atoms with E-state index in [9.17, 15) is 4.79 Å². The highest BCUT2D eigenvalue weighted by atomic mass is 16.5. The molecule has 1 aliphatic carbocycles. The van der Waals surface area contributed by atoms with Crippen LogP contribution in [0.2, 0.25) is 0 Å². The highest BCUT2D eigenvalue weighted by Gasteiger charge is 2.39. The predicted molar refractivity (Wildman–Crippen MR) is 143 cm³/mol. The zero-order valence-corrected chi connectivity index (χ0v) is 22.4. The van der Waals surface area contributed by atoms with E-state index in [2.05, 4.69) is 45.8 Å². The van der Waals surface area contributed by atoms with E-state index in [0.717, 1.165) is 43.4 Å². The largest absolute Gasteiger partial charge is 0.427 e. The number of aryl methyl sites for hydroxylation is 1. The van der Waals surface area contributed by atoms with Crippen LogP contribution >= 0.6 is 0 Å². The van der Waals surface area contributed by atoms with Gasteiger partial charge in [-0.1, -0.05) is 50.1 Å². The van der Waals surface area contributed by atoms with Gasteiger partial charge in [0.15, 0.2) is 0 Å². The minimum Gasteiger partial charge on any atom is -0.427 e. The molecular weight excluding hydrogens is 438 g/mol. The fourth-order valence-corrected chi connectivity index (χ4v) is 4.82. The monoisotopic (exact) mass is 483 g/mol. The normalized spacial score (nSPS) is 18.7. The third-order valence-corrected chi connectivity index (χ3v) is 7.00. The molecule has 0 amide bonds. The molecule has 0 radical (unpaired) electrons. The Bertz CT molecular complexity index is 882. The van der Waals surface area contributed by atoms with E-state index in [0.29, 0.717) is 24.3 Å². The van der Waals surface area contributed by atoms with Crippen LogP contribution in [0.4, 0.5) is 5.69 Å². The van der Waals surface area contributed by atoms with Crippen molar-refractivity contribution < 1.29 is 19.5 Å². The number of carbonyl (C=O) groups excluding carboxylic acids is 1. The summed E-state index contributed by atoms with van der Waals surface area (Å²) in [6.45, 7) is 15.8. The van der Waals surface area contributed by atoms with Gasteiger partial charge in [-0.2, -0.15) is 0 Å². The molecule has 2 atom stereocenters. The van der Waals surface area contributed by atoms with E-state index < -0.39 is 0 Å². The molecule has 2 N–H and O–H groups in total. The van der Waals surface area contributed by atoms with Gasteiger partial charge in [0.1, 0.15) is 5.76 Å². The molecule has 1 aromatic rings. The van der Waals surface area contributed by atoms with Gasteiger partial charge in [-0.3, -0.25) is 15.5 Å². The number of rotatable bonds is 14. The Balaban J connectivity index is 1.98. The second kappa shape index (κ2) is 14.3. The number of hydrogen-bond donors (Lipinski definition) is 2. The summed E-state index contributed by atoms with van der Waals surface area (Å²) in [5.74, 6) is 0.667. The van der Waals surface area contributed by atoms with Crippen molar-refractivity contribution in [2.45, 2.75) is 91.6 Å². The number of ether oxygens (including phenoxy) is 2. The van der Waals surface area contributed by atoms with E-state index in [4.69, 9.17) is 14.7 Å². The van der Waals surface area contributed by atoms with Gasteiger partial charge in [0.2, 0.25) is 0 Å². The maximum absolute atomic E-state index is 12.6. The molecule has 0 heterocycles. The van der Waals surface area contributed by atoms with Crippen LogP contribution in [-0.2, 0) is 20.7 Å². The average Bonchev–Trinajstić information content (AvgIpc) is 2.85. The summed E-state index contributed by atoms with van der Waals surface area (Å²) in [5, 5.41) is 8.92. The van der Waals surface area contributed by atoms with Crippen molar-refractivity contribution in [2.75, 3.05) is 12.1 Å². The van der Waals surface area contributed by atoms with Gasteiger partial charge < -0.3 is 9.47 Å². The summed E-state index contributed by atoms with van der Waals surface area (Å²) < 4.78 is 12.2. The van der Waals surface area contributed by atoms with Crippen molar-refractivity contribution in [3.8, 4) is 0 Å². The second-order valence-electron chi connectivity index (χ2n) is 10.2. The topological polar surface area (TPSA) is 67.8 Å². The molecule has 0 saturated carbocycles. The molecule has 2 rings (SSSR count). The lowest BCUT2D eigenvalue weighted by Gasteiger charge is -2.42. The molecular formula is C30H45NO4. The molecule has 0 aromatic heterocycles. The van der Waals surface area contributed by atoms with Crippen molar-refractivity contribution >= 4 is 11.7 Å². The first kappa shape index (κ1) is 28.9. The number of allylic oxidation sites excluding steroid dienone is 4. The first-order chi connectivity index (χ1) is 16.7. The zero-order valence-electron chi connectivity index (χ0n) is 22.4. The molecule has 2 unspecified atom stereocenters. The molecule has 35 heavy (non-hydrogen) atoms. The Labute approximate surface area is 212 Å². The Morgan fingerprint density at radius 3 is 2.57 bits per heavy atom. The third kappa shape index (κ3) is 8.97. The van der Waals surface area contributed by atoms with Crippen molar-refractivity contribution in [1.82, 2.24) is 0 Å². The second-order valence-corrected chi connectivity index (χ2v) is 10.2. The SMILES string of the molecule is C=C(/C(=C\C)OC(=O)CCCc1ccc(NO)cc1)C1C=C(C)CCC1C(C)(C)OCCCCC. The lowest BCUT2D eigenvalue weighted by atomic mass is 9.69. The Morgan fingerprint density at radius 2 is 1.94 bits per heavy atom. The molecule has 0 saturated heterocycles. The lowest BCUT2D eigenvalue weighted by molar-refractivity contribution is -0.139. The number of nitrogens with one attached hydrogen (secondary N) is 1. The molecule has 0 aliphatic heterocycles. The van der Waals surface area contributed by atoms with Crippen LogP contribution in [0.5, 0.6) is 0 Å². The van der Waals surface area contributed by atoms with E-state index in [1.807, 2.05) is 25.1 Å². The lowest BCUT2D eigenvalue weighted by Crippen LogP contribution is -2.41. The summed E-state index contributed by atoms with van der Waals surface area (Å²) in [4.78, 5) is 12.6. The number of anilines is 1. The fraction of sp³-hybridized carbons (Fsp3) is 0.567. The number of esters is 1. The fourth-order valence-electron chi connectivity index (χ4n) is 4.82. The molecule has 194 valence electrons. The average molecular weight is 484 g/mol. The summed E-state index contributed by atoms with van der Waals surface area (Å²) in [6.07, 6.45) is 11.4. The molecule has 5 nitrogen and oxygen atoms in total. The van der Waals surface area contributed by atoms with E-state index in [1.54, 1.807) is 12.1 Å². The van der Waals surface area contributed by atoms with E-state index in [-0.39, 0.29) is 23.4 Å².